The lowest BCUT2D eigenvalue weighted by molar-refractivity contribution is 0.199. The van der Waals surface area contributed by atoms with Gasteiger partial charge in [0.05, 0.1) is 17.3 Å². The Balaban J connectivity index is 1.90. The third-order valence-corrected chi connectivity index (χ3v) is 3.64. The minimum Gasteiger partial charge on any atom is -0.487 e. The standard InChI is InChI=1S/C15H20N2O2S/c1-12-17-14(11-20-12)10-19-15-6-4-3-5-13(15)9-16-7-8-18-2/h3-6,11,16H,7-10H2,1-2H3. The molecule has 1 N–H and O–H groups in total. The summed E-state index contributed by atoms with van der Waals surface area (Å²) in [6.07, 6.45) is 0. The summed E-state index contributed by atoms with van der Waals surface area (Å²) in [6, 6.07) is 8.07. The lowest BCUT2D eigenvalue weighted by Gasteiger charge is -2.11. The molecule has 0 amide bonds. The summed E-state index contributed by atoms with van der Waals surface area (Å²) >= 11 is 1.65. The summed E-state index contributed by atoms with van der Waals surface area (Å²) in [5.41, 5.74) is 2.13. The molecule has 4 nitrogen and oxygen atoms in total. The summed E-state index contributed by atoms with van der Waals surface area (Å²) in [5, 5.41) is 6.43. The lowest BCUT2D eigenvalue weighted by atomic mass is 10.2. The van der Waals surface area contributed by atoms with Crippen LogP contribution < -0.4 is 10.1 Å². The fourth-order valence-electron chi connectivity index (χ4n) is 1.81. The number of para-hydroxylation sites is 1. The van der Waals surface area contributed by atoms with E-state index in [1.54, 1.807) is 18.4 Å². The van der Waals surface area contributed by atoms with Crippen LogP contribution in [0, 0.1) is 6.92 Å². The number of ether oxygens (including phenoxy) is 2. The first-order valence-corrected chi connectivity index (χ1v) is 7.49. The van der Waals surface area contributed by atoms with Gasteiger partial charge in [0.1, 0.15) is 12.4 Å². The highest BCUT2D eigenvalue weighted by molar-refractivity contribution is 7.09. The molecule has 108 valence electrons. The number of hydrogen-bond acceptors (Lipinski definition) is 5. The first-order chi connectivity index (χ1) is 9.79. The van der Waals surface area contributed by atoms with E-state index in [-0.39, 0.29) is 0 Å². The van der Waals surface area contributed by atoms with E-state index in [2.05, 4.69) is 16.4 Å². The van der Waals surface area contributed by atoms with Gasteiger partial charge in [0.15, 0.2) is 0 Å². The molecular weight excluding hydrogens is 272 g/mol. The largest absolute Gasteiger partial charge is 0.487 e. The summed E-state index contributed by atoms with van der Waals surface area (Å²) in [4.78, 5) is 4.40. The first-order valence-electron chi connectivity index (χ1n) is 6.61. The average Bonchev–Trinajstić information content (AvgIpc) is 2.88. The Bertz CT molecular complexity index is 528. The molecule has 0 aliphatic heterocycles. The van der Waals surface area contributed by atoms with Crippen LogP contribution in [0.3, 0.4) is 0 Å². The van der Waals surface area contributed by atoms with E-state index in [0.717, 1.165) is 35.1 Å². The fraction of sp³-hybridized carbons (Fsp3) is 0.400. The fourth-order valence-corrected chi connectivity index (χ4v) is 2.41. The molecule has 0 radical (unpaired) electrons. The number of aryl methyl sites for hydroxylation is 1. The number of nitrogens with zero attached hydrogens (tertiary/aromatic N) is 1. The SMILES string of the molecule is COCCNCc1ccccc1OCc1csc(C)n1. The molecule has 0 spiro atoms. The highest BCUT2D eigenvalue weighted by Crippen LogP contribution is 2.19. The monoisotopic (exact) mass is 292 g/mol. The Morgan fingerprint density at radius 1 is 1.30 bits per heavy atom. The molecule has 0 saturated carbocycles. The van der Waals surface area contributed by atoms with Crippen molar-refractivity contribution in [2.75, 3.05) is 20.3 Å². The van der Waals surface area contributed by atoms with Crippen LogP contribution in [0.5, 0.6) is 5.75 Å². The van der Waals surface area contributed by atoms with Gasteiger partial charge in [-0.2, -0.15) is 0 Å². The van der Waals surface area contributed by atoms with Crippen molar-refractivity contribution in [3.63, 3.8) is 0 Å². The topological polar surface area (TPSA) is 43.4 Å². The minimum absolute atomic E-state index is 0.513. The van der Waals surface area contributed by atoms with Crippen molar-refractivity contribution < 1.29 is 9.47 Å². The molecule has 2 rings (SSSR count). The van der Waals surface area contributed by atoms with Crippen molar-refractivity contribution in [2.45, 2.75) is 20.1 Å². The van der Waals surface area contributed by atoms with Crippen LogP contribution in [-0.4, -0.2) is 25.2 Å². The van der Waals surface area contributed by atoms with Crippen LogP contribution in [0.25, 0.3) is 0 Å². The third-order valence-electron chi connectivity index (χ3n) is 2.81. The molecule has 0 bridgehead atoms. The van der Waals surface area contributed by atoms with Crippen molar-refractivity contribution in [3.05, 3.63) is 45.9 Å². The Labute approximate surface area is 123 Å². The van der Waals surface area contributed by atoms with Gasteiger partial charge in [-0.05, 0) is 13.0 Å². The first kappa shape index (κ1) is 15.0. The van der Waals surface area contributed by atoms with Gasteiger partial charge in [-0.25, -0.2) is 4.98 Å². The zero-order valence-corrected chi connectivity index (χ0v) is 12.7. The Hall–Kier alpha value is -1.43. The maximum absolute atomic E-state index is 5.87. The van der Waals surface area contributed by atoms with Crippen LogP contribution in [0.2, 0.25) is 0 Å². The molecule has 1 aromatic carbocycles. The molecule has 0 aliphatic carbocycles. The predicted molar refractivity (Wildman–Crippen MR) is 81.2 cm³/mol. The zero-order valence-electron chi connectivity index (χ0n) is 11.9. The van der Waals surface area contributed by atoms with E-state index in [1.165, 1.54) is 0 Å². The van der Waals surface area contributed by atoms with Gasteiger partial charge >= 0.3 is 0 Å². The Morgan fingerprint density at radius 3 is 2.90 bits per heavy atom. The lowest BCUT2D eigenvalue weighted by Crippen LogP contribution is -2.19. The van der Waals surface area contributed by atoms with Gasteiger partial charge in [-0.3, -0.25) is 0 Å². The second-order valence-electron chi connectivity index (χ2n) is 4.42. The predicted octanol–water partition coefficient (Wildman–Crippen LogP) is 2.77. The maximum atomic E-state index is 5.87. The Morgan fingerprint density at radius 2 is 2.15 bits per heavy atom. The van der Waals surface area contributed by atoms with Gasteiger partial charge in [0.25, 0.3) is 0 Å². The van der Waals surface area contributed by atoms with Gasteiger partial charge in [-0.15, -0.1) is 11.3 Å². The quantitative estimate of drug-likeness (QED) is 0.760. The van der Waals surface area contributed by atoms with Crippen LogP contribution >= 0.6 is 11.3 Å². The van der Waals surface area contributed by atoms with Crippen molar-refractivity contribution in [2.24, 2.45) is 0 Å². The smallest absolute Gasteiger partial charge is 0.131 e. The number of aromatic nitrogens is 1. The van der Waals surface area contributed by atoms with Gasteiger partial charge in [-0.1, -0.05) is 18.2 Å². The summed E-state index contributed by atoms with van der Waals surface area (Å²) in [5.74, 6) is 0.906. The van der Waals surface area contributed by atoms with Crippen LogP contribution in [0.4, 0.5) is 0 Å². The molecule has 0 atom stereocenters. The number of methoxy groups -OCH3 is 1. The van der Waals surface area contributed by atoms with E-state index in [0.29, 0.717) is 13.2 Å². The number of rotatable bonds is 8. The second kappa shape index (κ2) is 7.99. The summed E-state index contributed by atoms with van der Waals surface area (Å²) in [7, 11) is 1.70. The minimum atomic E-state index is 0.513. The van der Waals surface area contributed by atoms with Crippen molar-refractivity contribution in [1.82, 2.24) is 10.3 Å². The third kappa shape index (κ3) is 4.59. The van der Waals surface area contributed by atoms with E-state index >= 15 is 0 Å². The van der Waals surface area contributed by atoms with Gasteiger partial charge < -0.3 is 14.8 Å². The van der Waals surface area contributed by atoms with E-state index in [4.69, 9.17) is 9.47 Å². The van der Waals surface area contributed by atoms with Crippen molar-refractivity contribution in [3.8, 4) is 5.75 Å². The molecule has 0 aliphatic rings. The van der Waals surface area contributed by atoms with E-state index in [1.807, 2.05) is 30.5 Å². The molecule has 2 aromatic rings. The van der Waals surface area contributed by atoms with Gasteiger partial charge in [0.2, 0.25) is 0 Å². The number of hydrogen-bond donors (Lipinski definition) is 1. The molecule has 0 fully saturated rings. The molecule has 1 heterocycles. The molecular formula is C15H20N2O2S. The van der Waals surface area contributed by atoms with Gasteiger partial charge in [0, 0.05) is 31.1 Å². The van der Waals surface area contributed by atoms with Crippen molar-refractivity contribution >= 4 is 11.3 Å². The molecule has 0 unspecified atom stereocenters. The maximum Gasteiger partial charge on any atom is 0.131 e. The van der Waals surface area contributed by atoms with Crippen LogP contribution in [-0.2, 0) is 17.9 Å². The number of benzene rings is 1. The second-order valence-corrected chi connectivity index (χ2v) is 5.49. The van der Waals surface area contributed by atoms with E-state index in [9.17, 15) is 0 Å². The number of thiazole rings is 1. The molecule has 0 saturated heterocycles. The van der Waals surface area contributed by atoms with Crippen molar-refractivity contribution in [1.29, 1.82) is 0 Å². The Kier molecular flexibility index (Phi) is 5.98. The molecule has 1 aromatic heterocycles. The molecule has 20 heavy (non-hydrogen) atoms. The van der Waals surface area contributed by atoms with E-state index < -0.39 is 0 Å². The zero-order chi connectivity index (χ0) is 14.2. The summed E-state index contributed by atoms with van der Waals surface area (Å²) in [6.45, 7) is 4.83. The summed E-state index contributed by atoms with van der Waals surface area (Å²) < 4.78 is 10.9. The highest BCUT2D eigenvalue weighted by Gasteiger charge is 2.04. The molecule has 5 heteroatoms. The highest BCUT2D eigenvalue weighted by atomic mass is 32.1. The normalized spacial score (nSPS) is 10.7. The average molecular weight is 292 g/mol. The van der Waals surface area contributed by atoms with Crippen LogP contribution in [0.1, 0.15) is 16.3 Å². The number of nitrogens with one attached hydrogen (secondary N) is 1. The van der Waals surface area contributed by atoms with Crippen LogP contribution in [0.15, 0.2) is 29.6 Å².